The first-order valence-corrected chi connectivity index (χ1v) is 13.3. The van der Waals surface area contributed by atoms with Crippen LogP contribution in [-0.2, 0) is 31.8 Å². The molecule has 1 aliphatic heterocycles. The fraction of sp³-hybridized carbons (Fsp3) is 0.444. The highest BCUT2D eigenvalue weighted by molar-refractivity contribution is 7.16. The minimum atomic E-state index is -0.676. The van der Waals surface area contributed by atoms with Gasteiger partial charge in [0.15, 0.2) is 0 Å². The average Bonchev–Trinajstić information content (AvgIpc) is 3.25. The first-order valence-electron chi connectivity index (χ1n) is 12.5. The van der Waals surface area contributed by atoms with Crippen molar-refractivity contribution in [3.63, 3.8) is 0 Å². The summed E-state index contributed by atoms with van der Waals surface area (Å²) in [6, 6.07) is 9.69. The molecule has 4 rings (SSSR count). The highest BCUT2D eigenvalue weighted by Crippen LogP contribution is 2.38. The summed E-state index contributed by atoms with van der Waals surface area (Å²) in [5, 5.41) is 13.1. The van der Waals surface area contributed by atoms with E-state index in [1.54, 1.807) is 6.08 Å². The van der Waals surface area contributed by atoms with Gasteiger partial charge in [-0.2, -0.15) is 5.26 Å². The molecule has 9 nitrogen and oxygen atoms in total. The van der Waals surface area contributed by atoms with Gasteiger partial charge in [-0.3, -0.25) is 9.69 Å². The average molecular weight is 526 g/mol. The molecule has 0 radical (unpaired) electrons. The molecule has 196 valence electrons. The van der Waals surface area contributed by atoms with Crippen molar-refractivity contribution in [3.05, 3.63) is 51.9 Å². The Morgan fingerprint density at radius 3 is 2.89 bits per heavy atom. The third kappa shape index (κ3) is 7.32. The molecular weight excluding hydrogens is 494 g/mol. The molecule has 37 heavy (non-hydrogen) atoms. The van der Waals surface area contributed by atoms with E-state index in [4.69, 9.17) is 18.9 Å². The smallest absolute Gasteiger partial charge is 0.493 e. The zero-order valence-corrected chi connectivity index (χ0v) is 21.7. The number of hydrogen-bond donors (Lipinski definition) is 1. The van der Waals surface area contributed by atoms with Gasteiger partial charge >= 0.3 is 6.16 Å². The van der Waals surface area contributed by atoms with Crippen LogP contribution in [0.3, 0.4) is 0 Å². The molecule has 1 atom stereocenters. The summed E-state index contributed by atoms with van der Waals surface area (Å²) in [6.07, 6.45) is 3.79. The second kappa shape index (κ2) is 13.2. The summed E-state index contributed by atoms with van der Waals surface area (Å²) in [4.78, 5) is 27.9. The fourth-order valence-electron chi connectivity index (χ4n) is 4.34. The van der Waals surface area contributed by atoms with Crippen molar-refractivity contribution in [2.45, 2.75) is 32.3 Å². The highest BCUT2D eigenvalue weighted by Gasteiger charge is 2.28. The van der Waals surface area contributed by atoms with Crippen LogP contribution in [0.25, 0.3) is 6.08 Å². The van der Waals surface area contributed by atoms with Crippen LogP contribution >= 0.6 is 11.3 Å². The number of hydrogen-bond acceptors (Lipinski definition) is 9. The van der Waals surface area contributed by atoms with E-state index >= 15 is 0 Å². The van der Waals surface area contributed by atoms with E-state index in [0.717, 1.165) is 29.1 Å². The van der Waals surface area contributed by atoms with Gasteiger partial charge in [0, 0.05) is 42.6 Å². The molecule has 1 aromatic carbocycles. The molecule has 0 saturated carbocycles. The normalized spacial score (nSPS) is 17.6. The van der Waals surface area contributed by atoms with E-state index in [0.29, 0.717) is 61.9 Å². The van der Waals surface area contributed by atoms with Crippen molar-refractivity contribution < 1.29 is 28.5 Å². The van der Waals surface area contributed by atoms with E-state index in [2.05, 4.69) is 16.3 Å². The largest absolute Gasteiger partial charge is 0.508 e. The molecule has 10 heteroatoms. The van der Waals surface area contributed by atoms with Crippen LogP contribution in [0.4, 0.5) is 9.80 Å². The number of ether oxygens (including phenoxy) is 4. The molecule has 1 unspecified atom stereocenters. The summed E-state index contributed by atoms with van der Waals surface area (Å²) in [6.45, 7) is 6.41. The van der Waals surface area contributed by atoms with Crippen LogP contribution in [0, 0.1) is 11.3 Å². The lowest BCUT2D eigenvalue weighted by molar-refractivity contribution is -0.111. The summed E-state index contributed by atoms with van der Waals surface area (Å²) in [7, 11) is 0. The first-order chi connectivity index (χ1) is 18.1. The molecule has 2 heterocycles. The Labute approximate surface area is 220 Å². The Kier molecular flexibility index (Phi) is 9.54. The van der Waals surface area contributed by atoms with E-state index < -0.39 is 6.16 Å². The molecule has 0 spiro atoms. The maximum Gasteiger partial charge on any atom is 0.508 e. The van der Waals surface area contributed by atoms with Crippen LogP contribution in [0.15, 0.2) is 30.3 Å². The number of carbonyl (C=O) groups is 2. The number of nitrogens with zero attached hydrogens (tertiary/aromatic N) is 2. The number of amides is 1. The topological polar surface area (TPSA) is 110 Å². The first kappa shape index (κ1) is 26.7. The maximum absolute atomic E-state index is 12.6. The van der Waals surface area contributed by atoms with Crippen molar-refractivity contribution in [1.29, 1.82) is 5.26 Å². The lowest BCUT2D eigenvalue weighted by atomic mass is 9.94. The molecule has 1 N–H and O–H groups in total. The van der Waals surface area contributed by atoms with Crippen LogP contribution < -0.4 is 10.1 Å². The van der Waals surface area contributed by atoms with Gasteiger partial charge in [-0.1, -0.05) is 18.2 Å². The van der Waals surface area contributed by atoms with Gasteiger partial charge < -0.3 is 24.3 Å². The minimum Gasteiger partial charge on any atom is -0.493 e. The molecule has 1 saturated heterocycles. The molecule has 2 aliphatic rings. The van der Waals surface area contributed by atoms with Gasteiger partial charge in [-0.05, 0) is 37.5 Å². The Balaban J connectivity index is 1.31. The van der Waals surface area contributed by atoms with Gasteiger partial charge in [0.2, 0.25) is 5.91 Å². The summed E-state index contributed by atoms with van der Waals surface area (Å²) < 4.78 is 21.7. The van der Waals surface area contributed by atoms with Crippen LogP contribution in [0.1, 0.15) is 34.9 Å². The number of para-hydroxylation sites is 1. The number of fused-ring (bicyclic) bond motifs is 1. The third-order valence-electron chi connectivity index (χ3n) is 6.20. The van der Waals surface area contributed by atoms with Crippen molar-refractivity contribution in [2.24, 2.45) is 0 Å². The van der Waals surface area contributed by atoms with Gasteiger partial charge in [0.05, 0.1) is 25.4 Å². The number of carbonyl (C=O) groups excluding carboxylic acids is 2. The Bertz CT molecular complexity index is 1170. The molecule has 1 fully saturated rings. The second-order valence-electron chi connectivity index (χ2n) is 8.65. The summed E-state index contributed by atoms with van der Waals surface area (Å²) >= 11 is 1.35. The second-order valence-corrected chi connectivity index (χ2v) is 9.75. The number of nitrogens with one attached hydrogen (secondary N) is 1. The molecular formula is C27H31N3O6S. The summed E-state index contributed by atoms with van der Waals surface area (Å²) in [5.74, 6) is 0.363. The number of morpholine rings is 1. The Hall–Kier alpha value is -3.39. The number of rotatable bonds is 9. The van der Waals surface area contributed by atoms with Gasteiger partial charge in [-0.15, -0.1) is 11.3 Å². The van der Waals surface area contributed by atoms with E-state index in [9.17, 15) is 14.9 Å². The molecule has 0 bridgehead atoms. The maximum atomic E-state index is 12.6. The fourth-order valence-corrected chi connectivity index (χ4v) is 5.61. The standard InChI is InChI=1S/C27H31N3O6S/c1-2-34-23-6-4-3-5-19(23)7-10-25(31)29-26-22(18-28)21-9-8-20(17-24(21)37-26)36-27(32)35-16-13-30-11-14-33-15-12-30/h3-7,10,20H,2,8-9,11-17H2,1H3,(H,29,31). The molecule has 1 amide bonds. The predicted molar refractivity (Wildman–Crippen MR) is 140 cm³/mol. The van der Waals surface area contributed by atoms with Gasteiger partial charge in [0.25, 0.3) is 0 Å². The highest BCUT2D eigenvalue weighted by atomic mass is 32.1. The minimum absolute atomic E-state index is 0.271. The van der Waals surface area contributed by atoms with Crippen LogP contribution in [-0.4, -0.2) is 69.1 Å². The van der Waals surface area contributed by atoms with Gasteiger partial charge in [-0.25, -0.2) is 4.79 Å². The van der Waals surface area contributed by atoms with Crippen LogP contribution in [0.2, 0.25) is 0 Å². The zero-order chi connectivity index (χ0) is 26.0. The molecule has 2 aromatic rings. The monoisotopic (exact) mass is 525 g/mol. The zero-order valence-electron chi connectivity index (χ0n) is 20.9. The van der Waals surface area contributed by atoms with E-state index in [-0.39, 0.29) is 18.6 Å². The Morgan fingerprint density at radius 1 is 1.30 bits per heavy atom. The van der Waals surface area contributed by atoms with Crippen molar-refractivity contribution in [2.75, 3.05) is 51.4 Å². The van der Waals surface area contributed by atoms with Crippen molar-refractivity contribution in [1.82, 2.24) is 4.90 Å². The number of nitriles is 1. The lowest BCUT2D eigenvalue weighted by Gasteiger charge is -2.26. The number of thiophene rings is 1. The number of anilines is 1. The molecule has 1 aromatic heterocycles. The predicted octanol–water partition coefficient (Wildman–Crippen LogP) is 4.01. The van der Waals surface area contributed by atoms with E-state index in [1.165, 1.54) is 17.4 Å². The molecule has 1 aliphatic carbocycles. The van der Waals surface area contributed by atoms with E-state index in [1.807, 2.05) is 31.2 Å². The summed E-state index contributed by atoms with van der Waals surface area (Å²) in [5.41, 5.74) is 2.18. The van der Waals surface area contributed by atoms with Crippen molar-refractivity contribution >= 4 is 34.5 Å². The lowest BCUT2D eigenvalue weighted by Crippen LogP contribution is -2.38. The van der Waals surface area contributed by atoms with Crippen molar-refractivity contribution in [3.8, 4) is 11.8 Å². The quantitative estimate of drug-likeness (QED) is 0.386. The Morgan fingerprint density at radius 2 is 2.11 bits per heavy atom. The van der Waals surface area contributed by atoms with Crippen LogP contribution in [0.5, 0.6) is 5.75 Å². The third-order valence-corrected chi connectivity index (χ3v) is 7.37. The van der Waals surface area contributed by atoms with Gasteiger partial charge in [0.1, 0.15) is 29.5 Å². The number of benzene rings is 1. The SMILES string of the molecule is CCOc1ccccc1C=CC(=O)Nc1sc2c(c1C#N)CCC(OC(=O)OCCN1CCOCC1)C2.